The third-order valence-electron chi connectivity index (χ3n) is 4.42. The summed E-state index contributed by atoms with van der Waals surface area (Å²) in [7, 11) is 1.37. The molecule has 1 aliphatic carbocycles. The van der Waals surface area contributed by atoms with Crippen LogP contribution in [0, 0.1) is 0 Å². The van der Waals surface area contributed by atoms with Crippen molar-refractivity contribution in [2.24, 2.45) is 10.7 Å². The standard InChI is InChI=1S/C20H22F3N3O2/c1-27-18-9-13(5-8-17(18)28-12-20(21,22)23)11-25-19(24)26-16-7-6-14-3-2-4-15(14)10-16/h5-10H,2-4,11-12H2,1H3,(H3,24,25,26). The van der Waals surface area contributed by atoms with Gasteiger partial charge < -0.3 is 20.5 Å². The maximum absolute atomic E-state index is 12.3. The summed E-state index contributed by atoms with van der Waals surface area (Å²) in [6.07, 6.45) is -1.05. The largest absolute Gasteiger partial charge is 0.493 e. The molecule has 0 radical (unpaired) electrons. The van der Waals surface area contributed by atoms with Crippen molar-refractivity contribution >= 4 is 11.6 Å². The SMILES string of the molecule is COc1cc(CN=C(N)Nc2ccc3c(c2)CCC3)ccc1OCC(F)(F)F. The maximum Gasteiger partial charge on any atom is 0.422 e. The second kappa shape index (κ2) is 8.41. The van der Waals surface area contributed by atoms with Gasteiger partial charge >= 0.3 is 6.18 Å². The van der Waals surface area contributed by atoms with E-state index in [-0.39, 0.29) is 24.0 Å². The first kappa shape index (κ1) is 19.9. The van der Waals surface area contributed by atoms with Crippen LogP contribution >= 0.6 is 0 Å². The monoisotopic (exact) mass is 393 g/mol. The first-order valence-corrected chi connectivity index (χ1v) is 8.89. The van der Waals surface area contributed by atoms with E-state index in [4.69, 9.17) is 15.2 Å². The van der Waals surface area contributed by atoms with Gasteiger partial charge in [-0.05, 0) is 60.2 Å². The number of anilines is 1. The summed E-state index contributed by atoms with van der Waals surface area (Å²) in [4.78, 5) is 4.28. The zero-order chi connectivity index (χ0) is 20.1. The highest BCUT2D eigenvalue weighted by atomic mass is 19.4. The Morgan fingerprint density at radius 3 is 2.64 bits per heavy atom. The number of guanidine groups is 1. The smallest absolute Gasteiger partial charge is 0.422 e. The van der Waals surface area contributed by atoms with Crippen LogP contribution in [0.4, 0.5) is 18.9 Å². The fourth-order valence-corrected chi connectivity index (χ4v) is 3.10. The minimum absolute atomic E-state index is 0.0248. The molecule has 1 aliphatic rings. The molecule has 5 nitrogen and oxygen atoms in total. The number of rotatable bonds is 6. The van der Waals surface area contributed by atoms with E-state index < -0.39 is 12.8 Å². The Kier molecular flexibility index (Phi) is 5.96. The van der Waals surface area contributed by atoms with Crippen molar-refractivity contribution < 1.29 is 22.6 Å². The van der Waals surface area contributed by atoms with Crippen molar-refractivity contribution in [3.63, 3.8) is 0 Å². The number of nitrogens with one attached hydrogen (secondary N) is 1. The minimum Gasteiger partial charge on any atom is -0.493 e. The summed E-state index contributed by atoms with van der Waals surface area (Å²) in [5, 5.41) is 3.07. The fraction of sp³-hybridized carbons (Fsp3) is 0.350. The molecule has 0 amide bonds. The van der Waals surface area contributed by atoms with Gasteiger partial charge in [0.2, 0.25) is 0 Å². The molecule has 3 rings (SSSR count). The quantitative estimate of drug-likeness (QED) is 0.574. The number of hydrogen-bond acceptors (Lipinski definition) is 3. The van der Waals surface area contributed by atoms with Crippen LogP contribution in [0.15, 0.2) is 41.4 Å². The van der Waals surface area contributed by atoms with Gasteiger partial charge in [-0.25, -0.2) is 4.99 Å². The summed E-state index contributed by atoms with van der Waals surface area (Å²) < 4.78 is 46.8. The molecular formula is C20H22F3N3O2. The lowest BCUT2D eigenvalue weighted by atomic mass is 10.1. The minimum atomic E-state index is -4.41. The Bertz CT molecular complexity index is 866. The highest BCUT2D eigenvalue weighted by Crippen LogP contribution is 2.30. The van der Waals surface area contributed by atoms with Crippen LogP contribution in [-0.4, -0.2) is 25.9 Å². The first-order valence-electron chi connectivity index (χ1n) is 8.89. The van der Waals surface area contributed by atoms with E-state index >= 15 is 0 Å². The van der Waals surface area contributed by atoms with Crippen LogP contribution in [0.1, 0.15) is 23.1 Å². The Morgan fingerprint density at radius 1 is 1.11 bits per heavy atom. The molecule has 0 bridgehead atoms. The molecular weight excluding hydrogens is 371 g/mol. The Labute approximate surface area is 161 Å². The van der Waals surface area contributed by atoms with Gasteiger partial charge in [-0.3, -0.25) is 0 Å². The summed E-state index contributed by atoms with van der Waals surface area (Å²) >= 11 is 0. The Hall–Kier alpha value is -2.90. The molecule has 0 aromatic heterocycles. The molecule has 0 unspecified atom stereocenters. The highest BCUT2D eigenvalue weighted by molar-refractivity contribution is 5.92. The van der Waals surface area contributed by atoms with Crippen molar-refractivity contribution in [3.8, 4) is 11.5 Å². The molecule has 2 aromatic rings. The molecule has 0 saturated carbocycles. The summed E-state index contributed by atoms with van der Waals surface area (Å²) in [6.45, 7) is -1.13. The molecule has 8 heteroatoms. The topological polar surface area (TPSA) is 68.9 Å². The number of aliphatic imine (C=N–C) groups is 1. The molecule has 3 N–H and O–H groups in total. The average molecular weight is 393 g/mol. The zero-order valence-electron chi connectivity index (χ0n) is 15.5. The van der Waals surface area contributed by atoms with Crippen molar-refractivity contribution in [2.45, 2.75) is 32.0 Å². The molecule has 0 fully saturated rings. The number of hydrogen-bond donors (Lipinski definition) is 2. The van der Waals surface area contributed by atoms with Gasteiger partial charge in [0.1, 0.15) is 0 Å². The normalized spacial score (nSPS) is 13.9. The number of fused-ring (bicyclic) bond motifs is 1. The van der Waals surface area contributed by atoms with Crippen LogP contribution in [0.3, 0.4) is 0 Å². The number of alkyl halides is 3. The molecule has 0 atom stereocenters. The maximum atomic E-state index is 12.3. The molecule has 0 saturated heterocycles. The van der Waals surface area contributed by atoms with E-state index in [1.54, 1.807) is 12.1 Å². The number of halogens is 3. The summed E-state index contributed by atoms with van der Waals surface area (Å²) in [6, 6.07) is 10.8. The summed E-state index contributed by atoms with van der Waals surface area (Å²) in [5.41, 5.74) is 10.3. The van der Waals surface area contributed by atoms with Crippen molar-refractivity contribution in [2.75, 3.05) is 19.0 Å². The lowest BCUT2D eigenvalue weighted by molar-refractivity contribution is -0.153. The Morgan fingerprint density at radius 2 is 1.89 bits per heavy atom. The van der Waals surface area contributed by atoms with Gasteiger partial charge in [-0.1, -0.05) is 12.1 Å². The lowest BCUT2D eigenvalue weighted by Gasteiger charge is -2.13. The number of aryl methyl sites for hydroxylation is 2. The highest BCUT2D eigenvalue weighted by Gasteiger charge is 2.29. The number of nitrogens with zero attached hydrogens (tertiary/aromatic N) is 1. The third-order valence-corrected chi connectivity index (χ3v) is 4.42. The van der Waals surface area contributed by atoms with Crippen LogP contribution in [-0.2, 0) is 19.4 Å². The van der Waals surface area contributed by atoms with Crippen molar-refractivity contribution in [3.05, 3.63) is 53.1 Å². The van der Waals surface area contributed by atoms with Gasteiger partial charge in [-0.2, -0.15) is 13.2 Å². The van der Waals surface area contributed by atoms with Crippen LogP contribution in [0.2, 0.25) is 0 Å². The predicted molar refractivity (Wildman–Crippen MR) is 102 cm³/mol. The van der Waals surface area contributed by atoms with E-state index in [0.717, 1.165) is 24.1 Å². The number of nitrogens with two attached hydrogens (primary N) is 1. The molecule has 28 heavy (non-hydrogen) atoms. The van der Waals surface area contributed by atoms with Gasteiger partial charge in [0.15, 0.2) is 24.1 Å². The van der Waals surface area contributed by atoms with E-state index in [2.05, 4.69) is 22.4 Å². The zero-order valence-corrected chi connectivity index (χ0v) is 15.5. The van der Waals surface area contributed by atoms with E-state index in [0.29, 0.717) is 0 Å². The van der Waals surface area contributed by atoms with Crippen LogP contribution < -0.4 is 20.5 Å². The van der Waals surface area contributed by atoms with Gasteiger partial charge in [0, 0.05) is 5.69 Å². The van der Waals surface area contributed by atoms with Gasteiger partial charge in [0.05, 0.1) is 13.7 Å². The average Bonchev–Trinajstić information content (AvgIpc) is 3.12. The molecule has 0 heterocycles. The molecule has 150 valence electrons. The van der Waals surface area contributed by atoms with Gasteiger partial charge in [-0.15, -0.1) is 0 Å². The number of methoxy groups -OCH3 is 1. The first-order chi connectivity index (χ1) is 13.3. The Balaban J connectivity index is 1.62. The van der Waals surface area contributed by atoms with Crippen LogP contribution in [0.25, 0.3) is 0 Å². The molecule has 0 spiro atoms. The second-order valence-corrected chi connectivity index (χ2v) is 6.55. The van der Waals surface area contributed by atoms with Crippen molar-refractivity contribution in [1.82, 2.24) is 0 Å². The van der Waals surface area contributed by atoms with E-state index in [1.807, 2.05) is 6.07 Å². The van der Waals surface area contributed by atoms with E-state index in [1.165, 1.54) is 30.7 Å². The lowest BCUT2D eigenvalue weighted by Crippen LogP contribution is -2.22. The molecule has 0 aliphatic heterocycles. The van der Waals surface area contributed by atoms with E-state index in [9.17, 15) is 13.2 Å². The second-order valence-electron chi connectivity index (χ2n) is 6.55. The number of ether oxygens (including phenoxy) is 2. The van der Waals surface area contributed by atoms with Crippen molar-refractivity contribution in [1.29, 1.82) is 0 Å². The predicted octanol–water partition coefficient (Wildman–Crippen LogP) is 4.05. The molecule has 2 aromatic carbocycles. The number of benzene rings is 2. The third kappa shape index (κ3) is 5.31. The van der Waals surface area contributed by atoms with Crippen LogP contribution in [0.5, 0.6) is 11.5 Å². The fourth-order valence-electron chi connectivity index (χ4n) is 3.10. The van der Waals surface area contributed by atoms with Gasteiger partial charge in [0.25, 0.3) is 0 Å². The summed E-state index contributed by atoms with van der Waals surface area (Å²) in [5.74, 6) is 0.494.